The number of aryl methyl sites for hydroxylation is 2. The van der Waals surface area contributed by atoms with Crippen molar-refractivity contribution in [2.24, 2.45) is 0 Å². The predicted octanol–water partition coefficient (Wildman–Crippen LogP) is 5.08. The van der Waals surface area contributed by atoms with E-state index < -0.39 is 5.97 Å². The topological polar surface area (TPSA) is 68.3 Å². The molecule has 0 aliphatic rings. The van der Waals surface area contributed by atoms with E-state index in [-0.39, 0.29) is 18.4 Å². The molecule has 0 aliphatic carbocycles. The molecule has 0 bridgehead atoms. The number of ether oxygens (including phenoxy) is 1. The van der Waals surface area contributed by atoms with Crippen LogP contribution in [0.3, 0.4) is 0 Å². The monoisotopic (exact) mass is 390 g/mol. The zero-order valence-electron chi connectivity index (χ0n) is 17.5. The quantitative estimate of drug-likeness (QED) is 0.617. The largest absolute Gasteiger partial charge is 0.452 e. The van der Waals surface area contributed by atoms with Crippen molar-refractivity contribution in [1.82, 2.24) is 4.98 Å². The van der Waals surface area contributed by atoms with E-state index in [1.807, 2.05) is 63.2 Å². The summed E-state index contributed by atoms with van der Waals surface area (Å²) in [6.07, 6.45) is 0. The van der Waals surface area contributed by atoms with E-state index in [1.54, 1.807) is 0 Å². The van der Waals surface area contributed by atoms with Crippen LogP contribution in [-0.4, -0.2) is 23.5 Å². The summed E-state index contributed by atoms with van der Waals surface area (Å²) in [5, 5.41) is 3.63. The molecule has 3 aromatic rings. The molecule has 0 fully saturated rings. The number of hydrogen-bond acceptors (Lipinski definition) is 4. The number of carbonyl (C=O) groups excluding carboxylic acids is 2. The number of nitrogens with zero attached hydrogens (tertiary/aromatic N) is 1. The lowest BCUT2D eigenvalue weighted by Gasteiger charge is -2.17. The molecule has 150 valence electrons. The lowest BCUT2D eigenvalue weighted by atomic mass is 9.98. The van der Waals surface area contributed by atoms with Crippen molar-refractivity contribution in [1.29, 1.82) is 0 Å². The molecule has 0 aliphatic heterocycles. The highest BCUT2D eigenvalue weighted by Crippen LogP contribution is 2.27. The van der Waals surface area contributed by atoms with Gasteiger partial charge in [0.2, 0.25) is 0 Å². The Kier molecular flexibility index (Phi) is 5.97. The Balaban J connectivity index is 1.78. The van der Waals surface area contributed by atoms with Crippen molar-refractivity contribution in [3.05, 3.63) is 70.4 Å². The molecule has 0 unspecified atom stereocenters. The fourth-order valence-corrected chi connectivity index (χ4v) is 3.41. The van der Waals surface area contributed by atoms with Crippen molar-refractivity contribution < 1.29 is 14.3 Å². The fourth-order valence-electron chi connectivity index (χ4n) is 3.41. The van der Waals surface area contributed by atoms with E-state index in [2.05, 4.69) is 24.1 Å². The summed E-state index contributed by atoms with van der Waals surface area (Å²) in [5.41, 5.74) is 5.52. The van der Waals surface area contributed by atoms with Crippen LogP contribution in [0.1, 0.15) is 52.5 Å². The second kappa shape index (κ2) is 8.43. The SMILES string of the molecule is Cc1cccc(C(C)C)c1NC(=O)COC(=O)c1c(C)c(C)nc2ccccc12. The summed E-state index contributed by atoms with van der Waals surface area (Å²) >= 11 is 0. The van der Waals surface area contributed by atoms with Gasteiger partial charge in [0.05, 0.1) is 11.1 Å². The van der Waals surface area contributed by atoms with Gasteiger partial charge < -0.3 is 10.1 Å². The average Bonchev–Trinajstić information content (AvgIpc) is 2.68. The van der Waals surface area contributed by atoms with Crippen LogP contribution in [0.15, 0.2) is 42.5 Å². The van der Waals surface area contributed by atoms with Gasteiger partial charge in [0.1, 0.15) is 0 Å². The van der Waals surface area contributed by atoms with Crippen molar-refractivity contribution in [3.8, 4) is 0 Å². The number of hydrogen-bond donors (Lipinski definition) is 1. The van der Waals surface area contributed by atoms with Gasteiger partial charge in [-0.05, 0) is 49.4 Å². The van der Waals surface area contributed by atoms with Gasteiger partial charge in [-0.1, -0.05) is 50.2 Å². The van der Waals surface area contributed by atoms with Crippen LogP contribution in [-0.2, 0) is 9.53 Å². The summed E-state index contributed by atoms with van der Waals surface area (Å²) in [7, 11) is 0. The summed E-state index contributed by atoms with van der Waals surface area (Å²) in [4.78, 5) is 29.8. The minimum absolute atomic E-state index is 0.265. The lowest BCUT2D eigenvalue weighted by Crippen LogP contribution is -2.23. The molecular formula is C24H26N2O3. The average molecular weight is 390 g/mol. The van der Waals surface area contributed by atoms with Crippen molar-refractivity contribution >= 4 is 28.5 Å². The van der Waals surface area contributed by atoms with Gasteiger partial charge in [-0.2, -0.15) is 0 Å². The molecule has 2 aromatic carbocycles. The maximum Gasteiger partial charge on any atom is 0.339 e. The first-order chi connectivity index (χ1) is 13.8. The third-order valence-electron chi connectivity index (χ3n) is 5.11. The van der Waals surface area contributed by atoms with E-state index in [0.717, 1.165) is 39.0 Å². The maximum absolute atomic E-state index is 12.8. The van der Waals surface area contributed by atoms with Gasteiger partial charge in [-0.25, -0.2) is 4.79 Å². The first-order valence-electron chi connectivity index (χ1n) is 9.72. The molecule has 1 N–H and O–H groups in total. The normalized spacial score (nSPS) is 11.0. The summed E-state index contributed by atoms with van der Waals surface area (Å²) in [6.45, 7) is 9.45. The zero-order chi connectivity index (χ0) is 21.1. The van der Waals surface area contributed by atoms with Gasteiger partial charge in [0.25, 0.3) is 5.91 Å². The van der Waals surface area contributed by atoms with Crippen molar-refractivity contribution in [2.75, 3.05) is 11.9 Å². The Morgan fingerprint density at radius 2 is 1.76 bits per heavy atom. The van der Waals surface area contributed by atoms with Gasteiger partial charge >= 0.3 is 5.97 Å². The number of amides is 1. The maximum atomic E-state index is 12.8. The van der Waals surface area contributed by atoms with Crippen LogP contribution in [0, 0.1) is 20.8 Å². The minimum atomic E-state index is -0.520. The molecule has 3 rings (SSSR count). The van der Waals surface area contributed by atoms with Crippen LogP contribution in [0.25, 0.3) is 10.9 Å². The molecule has 0 radical (unpaired) electrons. The fraction of sp³-hybridized carbons (Fsp3) is 0.292. The standard InChI is InChI=1S/C24H26N2O3/c1-14(2)18-11-8-9-15(3)23(18)26-21(27)13-29-24(28)22-16(4)17(5)25-20-12-7-6-10-19(20)22/h6-12,14H,13H2,1-5H3,(H,26,27). The Hall–Kier alpha value is -3.21. The molecule has 0 spiro atoms. The van der Waals surface area contributed by atoms with E-state index in [1.165, 1.54) is 0 Å². The Morgan fingerprint density at radius 3 is 2.48 bits per heavy atom. The number of pyridine rings is 1. The molecule has 1 heterocycles. The molecule has 5 nitrogen and oxygen atoms in total. The first kappa shape index (κ1) is 20.5. The van der Waals surface area contributed by atoms with Crippen molar-refractivity contribution in [3.63, 3.8) is 0 Å². The van der Waals surface area contributed by atoms with Crippen LogP contribution >= 0.6 is 0 Å². The molecule has 29 heavy (non-hydrogen) atoms. The number of fused-ring (bicyclic) bond motifs is 1. The Bertz CT molecular complexity index is 1090. The van der Waals surface area contributed by atoms with Crippen LogP contribution in [0.5, 0.6) is 0 Å². The molecule has 1 aromatic heterocycles. The lowest BCUT2D eigenvalue weighted by molar-refractivity contribution is -0.119. The zero-order valence-corrected chi connectivity index (χ0v) is 17.5. The third-order valence-corrected chi connectivity index (χ3v) is 5.11. The summed E-state index contributed by atoms with van der Waals surface area (Å²) in [6, 6.07) is 13.3. The molecule has 0 atom stereocenters. The number of esters is 1. The molecule has 1 amide bonds. The number of aromatic nitrogens is 1. The van der Waals surface area contributed by atoms with E-state index in [0.29, 0.717) is 5.56 Å². The highest BCUT2D eigenvalue weighted by Gasteiger charge is 2.19. The number of rotatable bonds is 5. The summed E-state index contributed by atoms with van der Waals surface area (Å²) in [5.74, 6) is -0.614. The van der Waals surface area contributed by atoms with Crippen LogP contribution in [0.4, 0.5) is 5.69 Å². The molecule has 0 saturated heterocycles. The van der Waals surface area contributed by atoms with Gasteiger partial charge in [-0.15, -0.1) is 0 Å². The number of benzene rings is 2. The van der Waals surface area contributed by atoms with Gasteiger partial charge in [0.15, 0.2) is 6.61 Å². The number of carbonyl (C=O) groups is 2. The Morgan fingerprint density at radius 1 is 1.03 bits per heavy atom. The first-order valence-corrected chi connectivity index (χ1v) is 9.72. The van der Waals surface area contributed by atoms with E-state index in [4.69, 9.17) is 4.74 Å². The highest BCUT2D eigenvalue weighted by atomic mass is 16.5. The second-order valence-electron chi connectivity index (χ2n) is 7.53. The smallest absolute Gasteiger partial charge is 0.339 e. The summed E-state index contributed by atoms with van der Waals surface area (Å²) < 4.78 is 5.37. The third kappa shape index (κ3) is 4.29. The highest BCUT2D eigenvalue weighted by molar-refractivity contribution is 6.06. The Labute approximate surface area is 171 Å². The van der Waals surface area contributed by atoms with Crippen molar-refractivity contribution in [2.45, 2.75) is 40.5 Å². The van der Waals surface area contributed by atoms with E-state index >= 15 is 0 Å². The molecular weight excluding hydrogens is 364 g/mol. The number of nitrogens with one attached hydrogen (secondary N) is 1. The minimum Gasteiger partial charge on any atom is -0.452 e. The molecule has 5 heteroatoms. The molecule has 0 saturated carbocycles. The second-order valence-corrected chi connectivity index (χ2v) is 7.53. The van der Waals surface area contributed by atoms with Crippen LogP contribution in [0.2, 0.25) is 0 Å². The van der Waals surface area contributed by atoms with Crippen LogP contribution < -0.4 is 5.32 Å². The van der Waals surface area contributed by atoms with E-state index in [9.17, 15) is 9.59 Å². The predicted molar refractivity (Wildman–Crippen MR) is 115 cm³/mol. The number of para-hydroxylation sites is 2. The number of anilines is 1. The van der Waals surface area contributed by atoms with Gasteiger partial charge in [0, 0.05) is 16.8 Å². The van der Waals surface area contributed by atoms with Gasteiger partial charge in [-0.3, -0.25) is 9.78 Å².